The van der Waals surface area contributed by atoms with E-state index in [0.717, 1.165) is 0 Å². The molecule has 1 heteroatoms. The van der Waals surface area contributed by atoms with Crippen molar-refractivity contribution in [2.24, 2.45) is 0 Å². The fourth-order valence-electron chi connectivity index (χ4n) is 2.34. The minimum atomic E-state index is 1.35. The smallest absolute Gasteiger partial charge is 0.0355 e. The lowest BCUT2D eigenvalue weighted by atomic mass is 10.1. The van der Waals surface area contributed by atoms with Crippen LogP contribution in [0, 0.1) is 0 Å². The molecule has 1 heterocycles. The van der Waals surface area contributed by atoms with E-state index in [1.807, 2.05) is 11.3 Å². The highest BCUT2D eigenvalue weighted by Gasteiger charge is 2.13. The zero-order chi connectivity index (χ0) is 9.83. The van der Waals surface area contributed by atoms with Gasteiger partial charge >= 0.3 is 0 Å². The number of allylic oxidation sites excluding steroid dienone is 1. The van der Waals surface area contributed by atoms with E-state index in [1.165, 1.54) is 32.0 Å². The Bertz CT molecular complexity index is 714. The van der Waals surface area contributed by atoms with Crippen LogP contribution in [-0.4, -0.2) is 0 Å². The Hall–Kier alpha value is -1.60. The van der Waals surface area contributed by atoms with E-state index in [-0.39, 0.29) is 0 Å². The molecule has 0 amide bonds. The van der Waals surface area contributed by atoms with Crippen molar-refractivity contribution in [1.82, 2.24) is 0 Å². The topological polar surface area (TPSA) is 0 Å². The first kappa shape index (κ1) is 7.66. The summed E-state index contributed by atoms with van der Waals surface area (Å²) in [6, 6.07) is 6.81. The van der Waals surface area contributed by atoms with Gasteiger partial charge in [0.05, 0.1) is 0 Å². The van der Waals surface area contributed by atoms with E-state index in [1.54, 1.807) is 0 Å². The van der Waals surface area contributed by atoms with Gasteiger partial charge in [0.15, 0.2) is 0 Å². The third kappa shape index (κ3) is 0.910. The average Bonchev–Trinajstić information content (AvgIpc) is 2.86. The predicted octanol–water partition coefficient (Wildman–Crippen LogP) is 2.36. The maximum Gasteiger partial charge on any atom is 0.0355 e. The van der Waals surface area contributed by atoms with Gasteiger partial charge in [0, 0.05) is 10.4 Å². The van der Waals surface area contributed by atoms with Crippen molar-refractivity contribution >= 4 is 29.6 Å². The van der Waals surface area contributed by atoms with Gasteiger partial charge in [-0.05, 0) is 51.2 Å². The molecule has 0 atom stereocenters. The summed E-state index contributed by atoms with van der Waals surface area (Å²) in [4.78, 5) is 1.40. The number of hydrogen-bond donors (Lipinski definition) is 0. The summed E-state index contributed by atoms with van der Waals surface area (Å²) < 4.78 is 0. The van der Waals surface area contributed by atoms with Gasteiger partial charge in [0.25, 0.3) is 0 Å². The van der Waals surface area contributed by atoms with Crippen LogP contribution in [-0.2, 0) is 0 Å². The minimum absolute atomic E-state index is 1.35. The molecule has 1 aromatic carbocycles. The van der Waals surface area contributed by atoms with Crippen LogP contribution in [0.25, 0.3) is 29.4 Å². The molecule has 0 N–H and O–H groups in total. The van der Waals surface area contributed by atoms with E-state index in [2.05, 4.69) is 47.9 Å². The van der Waals surface area contributed by atoms with Crippen molar-refractivity contribution < 1.29 is 0 Å². The lowest BCUT2D eigenvalue weighted by molar-refractivity contribution is 1.54. The molecule has 70 valence electrons. The first-order valence-corrected chi connectivity index (χ1v) is 5.92. The normalized spacial score (nSPS) is 14.1. The highest BCUT2D eigenvalue weighted by molar-refractivity contribution is 7.11. The van der Waals surface area contributed by atoms with Crippen molar-refractivity contribution in [2.45, 2.75) is 0 Å². The number of fused-ring (bicyclic) bond motifs is 4. The molecule has 0 fully saturated rings. The monoisotopic (exact) mass is 208 g/mol. The fourth-order valence-corrected chi connectivity index (χ4v) is 3.19. The van der Waals surface area contributed by atoms with Crippen molar-refractivity contribution in [3.05, 3.63) is 50.5 Å². The van der Waals surface area contributed by atoms with Crippen molar-refractivity contribution in [3.63, 3.8) is 0 Å². The summed E-state index contributed by atoms with van der Waals surface area (Å²) >= 11 is 1.82. The lowest BCUT2D eigenvalue weighted by Gasteiger charge is -1.97. The van der Waals surface area contributed by atoms with Crippen LogP contribution in [0.3, 0.4) is 0 Å². The van der Waals surface area contributed by atoms with Crippen LogP contribution in [0.1, 0.15) is 10.4 Å². The summed E-state index contributed by atoms with van der Waals surface area (Å²) in [6.07, 6.45) is 8.77. The molecule has 1 aromatic heterocycles. The quantitative estimate of drug-likeness (QED) is 0.532. The van der Waals surface area contributed by atoms with Gasteiger partial charge in [0.1, 0.15) is 0 Å². The Morgan fingerprint density at radius 1 is 1.00 bits per heavy atom. The largest absolute Gasteiger partial charge is 0.144 e. The Morgan fingerprint density at radius 2 is 2.00 bits per heavy atom. The van der Waals surface area contributed by atoms with Crippen LogP contribution < -0.4 is 10.4 Å². The molecule has 0 aliphatic heterocycles. The van der Waals surface area contributed by atoms with Gasteiger partial charge in [-0.1, -0.05) is 18.2 Å². The van der Waals surface area contributed by atoms with Crippen LogP contribution >= 0.6 is 11.3 Å². The van der Waals surface area contributed by atoms with Gasteiger partial charge in [-0.2, -0.15) is 0 Å². The number of rotatable bonds is 0. The standard InChI is InChI=1S/C14H8S/c1-2-9-6-11-8-14-12(4-5-15-14)13(11)7-10(9)3-1/h1-8H. The molecule has 2 aliphatic carbocycles. The maximum absolute atomic E-state index is 2.31. The summed E-state index contributed by atoms with van der Waals surface area (Å²) in [7, 11) is 0. The van der Waals surface area contributed by atoms with E-state index in [4.69, 9.17) is 0 Å². The van der Waals surface area contributed by atoms with Gasteiger partial charge in [-0.3, -0.25) is 0 Å². The first-order valence-electron chi connectivity index (χ1n) is 5.04. The molecule has 15 heavy (non-hydrogen) atoms. The van der Waals surface area contributed by atoms with Crippen molar-refractivity contribution in [3.8, 4) is 11.1 Å². The van der Waals surface area contributed by atoms with Crippen LogP contribution in [0.2, 0.25) is 0 Å². The van der Waals surface area contributed by atoms with Crippen molar-refractivity contribution in [2.75, 3.05) is 0 Å². The number of benzene rings is 1. The Balaban J connectivity index is 2.18. The second-order valence-electron chi connectivity index (χ2n) is 3.94. The van der Waals surface area contributed by atoms with Gasteiger partial charge in [-0.15, -0.1) is 11.3 Å². The molecule has 4 rings (SSSR count). The zero-order valence-corrected chi connectivity index (χ0v) is 8.84. The van der Waals surface area contributed by atoms with Crippen LogP contribution in [0.15, 0.2) is 29.7 Å². The molecule has 0 spiro atoms. The van der Waals surface area contributed by atoms with Crippen LogP contribution in [0.5, 0.6) is 0 Å². The van der Waals surface area contributed by atoms with Crippen molar-refractivity contribution in [1.29, 1.82) is 0 Å². The predicted molar refractivity (Wildman–Crippen MR) is 66.1 cm³/mol. The molecule has 0 saturated carbocycles. The van der Waals surface area contributed by atoms with Crippen LogP contribution in [0.4, 0.5) is 0 Å². The van der Waals surface area contributed by atoms with Gasteiger partial charge in [0.2, 0.25) is 0 Å². The molecule has 0 bridgehead atoms. The second kappa shape index (κ2) is 2.50. The van der Waals surface area contributed by atoms with Gasteiger partial charge < -0.3 is 0 Å². The molecule has 0 unspecified atom stereocenters. The lowest BCUT2D eigenvalue weighted by Crippen LogP contribution is -2.11. The molecule has 0 nitrogen and oxygen atoms in total. The highest BCUT2D eigenvalue weighted by Crippen LogP contribution is 2.30. The van der Waals surface area contributed by atoms with E-state index >= 15 is 0 Å². The summed E-state index contributed by atoms with van der Waals surface area (Å²) in [5.41, 5.74) is 4.14. The first-order chi connectivity index (χ1) is 7.42. The number of thiophene rings is 1. The Kier molecular flexibility index (Phi) is 1.28. The summed E-state index contributed by atoms with van der Waals surface area (Å²) in [5.74, 6) is 0. The molecular weight excluding hydrogens is 200 g/mol. The Morgan fingerprint density at radius 3 is 3.00 bits per heavy atom. The maximum atomic E-state index is 2.31. The average molecular weight is 208 g/mol. The SMILES string of the molecule is C1=Cc2cc3c(cc2=C1)-c1ccsc1C=3. The van der Waals surface area contributed by atoms with E-state index < -0.39 is 0 Å². The summed E-state index contributed by atoms with van der Waals surface area (Å²) in [6.45, 7) is 0. The van der Waals surface area contributed by atoms with Gasteiger partial charge in [-0.25, -0.2) is 0 Å². The van der Waals surface area contributed by atoms with E-state index in [9.17, 15) is 0 Å². The number of hydrogen-bond acceptors (Lipinski definition) is 1. The third-order valence-corrected chi connectivity index (χ3v) is 3.94. The zero-order valence-electron chi connectivity index (χ0n) is 8.03. The molecule has 2 aliphatic rings. The molecule has 0 radical (unpaired) electrons. The molecule has 0 saturated heterocycles. The van der Waals surface area contributed by atoms with E-state index in [0.29, 0.717) is 0 Å². The third-order valence-electron chi connectivity index (χ3n) is 3.08. The highest BCUT2D eigenvalue weighted by atomic mass is 32.1. The Labute approximate surface area is 91.5 Å². The second-order valence-corrected chi connectivity index (χ2v) is 4.88. The summed E-state index contributed by atoms with van der Waals surface area (Å²) in [5, 5.41) is 4.89. The minimum Gasteiger partial charge on any atom is -0.144 e. The fraction of sp³-hybridized carbons (Fsp3) is 0. The molecule has 2 aromatic rings. The molecular formula is C14H8S.